The molecular weight excluding hydrogens is 251 g/mol. The Hall–Kier alpha value is -1.64. The fraction of sp³-hybridized carbons (Fsp3) is 0.667. The second-order valence-electron chi connectivity index (χ2n) is 3.65. The van der Waals surface area contributed by atoms with Crippen LogP contribution in [0.4, 0.5) is 13.2 Å². The Bertz CT molecular complexity index is 390. The Balaban J connectivity index is 2.10. The van der Waals surface area contributed by atoms with Gasteiger partial charge in [0.1, 0.15) is 6.33 Å². The molecule has 6 nitrogen and oxygen atoms in total. The number of nitrogens with zero attached hydrogens (tertiary/aromatic N) is 3. The van der Waals surface area contributed by atoms with E-state index in [9.17, 15) is 18.0 Å². The molecule has 102 valence electrons. The molecule has 0 radical (unpaired) electrons. The van der Waals surface area contributed by atoms with Crippen molar-refractivity contribution in [2.75, 3.05) is 19.6 Å². The SMILES string of the molecule is Cn1cnc(CCNC(=O)CNCC(F)(F)F)n1. The zero-order chi connectivity index (χ0) is 13.6. The maximum atomic E-state index is 11.8. The fourth-order valence-corrected chi connectivity index (χ4v) is 1.19. The number of halogens is 3. The van der Waals surface area contributed by atoms with Crippen molar-refractivity contribution in [3.8, 4) is 0 Å². The number of nitrogens with one attached hydrogen (secondary N) is 2. The molecule has 0 aliphatic rings. The fourth-order valence-electron chi connectivity index (χ4n) is 1.19. The Kier molecular flexibility index (Phi) is 5.08. The minimum Gasteiger partial charge on any atom is -0.355 e. The number of carbonyl (C=O) groups excluding carboxylic acids is 1. The van der Waals surface area contributed by atoms with Gasteiger partial charge >= 0.3 is 6.18 Å². The van der Waals surface area contributed by atoms with Crippen LogP contribution in [0.15, 0.2) is 6.33 Å². The molecule has 0 aliphatic carbocycles. The predicted molar refractivity (Wildman–Crippen MR) is 56.6 cm³/mol. The molecule has 1 aromatic heterocycles. The van der Waals surface area contributed by atoms with E-state index in [0.29, 0.717) is 12.2 Å². The van der Waals surface area contributed by atoms with Crippen LogP contribution in [-0.4, -0.2) is 46.5 Å². The quantitative estimate of drug-likeness (QED) is 0.736. The molecule has 1 rings (SSSR count). The van der Waals surface area contributed by atoms with Crippen molar-refractivity contribution in [3.05, 3.63) is 12.2 Å². The van der Waals surface area contributed by atoms with Gasteiger partial charge in [0.05, 0.1) is 13.1 Å². The van der Waals surface area contributed by atoms with E-state index in [4.69, 9.17) is 0 Å². The van der Waals surface area contributed by atoms with E-state index in [-0.39, 0.29) is 13.1 Å². The van der Waals surface area contributed by atoms with E-state index in [2.05, 4.69) is 15.4 Å². The third kappa shape index (κ3) is 6.18. The Labute approximate surface area is 102 Å². The van der Waals surface area contributed by atoms with Crippen LogP contribution in [0.2, 0.25) is 0 Å². The zero-order valence-corrected chi connectivity index (χ0v) is 9.79. The molecule has 0 unspecified atom stereocenters. The monoisotopic (exact) mass is 265 g/mol. The molecular formula is C9H14F3N5O. The van der Waals surface area contributed by atoms with E-state index in [1.165, 1.54) is 11.0 Å². The molecule has 0 atom stereocenters. The summed E-state index contributed by atoms with van der Waals surface area (Å²) in [6.07, 6.45) is -2.34. The Morgan fingerprint density at radius 2 is 2.22 bits per heavy atom. The van der Waals surface area contributed by atoms with Gasteiger partial charge in [0.25, 0.3) is 0 Å². The van der Waals surface area contributed by atoms with Gasteiger partial charge in [-0.15, -0.1) is 0 Å². The number of aryl methyl sites for hydroxylation is 1. The number of hydrogen-bond donors (Lipinski definition) is 2. The lowest BCUT2D eigenvalue weighted by molar-refractivity contribution is -0.128. The van der Waals surface area contributed by atoms with Crippen molar-refractivity contribution in [2.24, 2.45) is 7.05 Å². The van der Waals surface area contributed by atoms with Crippen LogP contribution in [0, 0.1) is 0 Å². The molecule has 0 bridgehead atoms. The summed E-state index contributed by atoms with van der Waals surface area (Å²) in [5, 5.41) is 8.47. The predicted octanol–water partition coefficient (Wildman–Crippen LogP) is -0.374. The van der Waals surface area contributed by atoms with Gasteiger partial charge in [-0.3, -0.25) is 9.48 Å². The molecule has 18 heavy (non-hydrogen) atoms. The molecule has 1 aromatic rings. The van der Waals surface area contributed by atoms with E-state index in [0.717, 1.165) is 0 Å². The molecule has 1 amide bonds. The van der Waals surface area contributed by atoms with E-state index in [1.807, 2.05) is 5.32 Å². The third-order valence-corrected chi connectivity index (χ3v) is 1.93. The summed E-state index contributed by atoms with van der Waals surface area (Å²) in [5.74, 6) is 0.0798. The summed E-state index contributed by atoms with van der Waals surface area (Å²) in [4.78, 5) is 15.1. The van der Waals surface area contributed by atoms with Gasteiger partial charge in [-0.05, 0) is 0 Å². The molecule has 1 heterocycles. The molecule has 0 saturated carbocycles. The lowest BCUT2D eigenvalue weighted by atomic mass is 10.4. The van der Waals surface area contributed by atoms with Gasteiger partial charge in [0.2, 0.25) is 5.91 Å². The first kappa shape index (κ1) is 14.4. The average molecular weight is 265 g/mol. The van der Waals surface area contributed by atoms with Crippen LogP contribution >= 0.6 is 0 Å². The van der Waals surface area contributed by atoms with Gasteiger partial charge in [-0.1, -0.05) is 0 Å². The first-order chi connectivity index (χ1) is 8.37. The van der Waals surface area contributed by atoms with Gasteiger partial charge in [0, 0.05) is 20.0 Å². The summed E-state index contributed by atoms with van der Waals surface area (Å²) >= 11 is 0. The van der Waals surface area contributed by atoms with E-state index in [1.54, 1.807) is 7.05 Å². The number of aromatic nitrogens is 3. The summed E-state index contributed by atoms with van der Waals surface area (Å²) in [6, 6.07) is 0. The molecule has 9 heteroatoms. The highest BCUT2D eigenvalue weighted by molar-refractivity contribution is 5.77. The van der Waals surface area contributed by atoms with Crippen molar-refractivity contribution in [1.82, 2.24) is 25.4 Å². The molecule has 0 spiro atoms. The van der Waals surface area contributed by atoms with Gasteiger partial charge < -0.3 is 10.6 Å². The maximum absolute atomic E-state index is 11.8. The van der Waals surface area contributed by atoms with Crippen LogP contribution in [0.25, 0.3) is 0 Å². The highest BCUT2D eigenvalue weighted by Crippen LogP contribution is 2.11. The second kappa shape index (κ2) is 6.34. The number of amides is 1. The summed E-state index contributed by atoms with van der Waals surface area (Å²) in [7, 11) is 1.72. The van der Waals surface area contributed by atoms with Crippen molar-refractivity contribution < 1.29 is 18.0 Å². The number of alkyl halides is 3. The van der Waals surface area contributed by atoms with Gasteiger partial charge in [0.15, 0.2) is 5.82 Å². The largest absolute Gasteiger partial charge is 0.401 e. The topological polar surface area (TPSA) is 71.8 Å². The molecule has 0 aliphatic heterocycles. The third-order valence-electron chi connectivity index (χ3n) is 1.93. The minimum absolute atomic E-state index is 0.288. The Morgan fingerprint density at radius 3 is 2.78 bits per heavy atom. The smallest absolute Gasteiger partial charge is 0.355 e. The average Bonchev–Trinajstić information content (AvgIpc) is 2.62. The van der Waals surface area contributed by atoms with Crippen LogP contribution in [0.5, 0.6) is 0 Å². The number of hydrogen-bond acceptors (Lipinski definition) is 4. The molecule has 2 N–H and O–H groups in total. The van der Waals surface area contributed by atoms with Gasteiger partial charge in [-0.2, -0.15) is 18.3 Å². The zero-order valence-electron chi connectivity index (χ0n) is 9.79. The standard InChI is InChI=1S/C9H14F3N5O/c1-17-6-15-7(16-17)2-3-14-8(18)4-13-5-9(10,11)12/h6,13H,2-5H2,1H3,(H,14,18). The van der Waals surface area contributed by atoms with Crippen molar-refractivity contribution in [2.45, 2.75) is 12.6 Å². The van der Waals surface area contributed by atoms with Crippen molar-refractivity contribution in [1.29, 1.82) is 0 Å². The number of carbonyl (C=O) groups is 1. The van der Waals surface area contributed by atoms with Crippen LogP contribution < -0.4 is 10.6 Å². The first-order valence-corrected chi connectivity index (χ1v) is 5.25. The van der Waals surface area contributed by atoms with Crippen LogP contribution in [-0.2, 0) is 18.3 Å². The maximum Gasteiger partial charge on any atom is 0.401 e. The highest BCUT2D eigenvalue weighted by Gasteiger charge is 2.26. The molecule has 0 fully saturated rings. The molecule has 0 saturated heterocycles. The van der Waals surface area contributed by atoms with Crippen molar-refractivity contribution in [3.63, 3.8) is 0 Å². The van der Waals surface area contributed by atoms with Crippen LogP contribution in [0.1, 0.15) is 5.82 Å². The number of rotatable bonds is 6. The Morgan fingerprint density at radius 1 is 1.50 bits per heavy atom. The molecule has 0 aromatic carbocycles. The van der Waals surface area contributed by atoms with E-state index >= 15 is 0 Å². The lowest BCUT2D eigenvalue weighted by Crippen LogP contribution is -2.38. The normalized spacial score (nSPS) is 11.6. The summed E-state index contributed by atoms with van der Waals surface area (Å²) in [6.45, 7) is -1.26. The minimum atomic E-state index is -4.31. The van der Waals surface area contributed by atoms with E-state index < -0.39 is 18.6 Å². The lowest BCUT2D eigenvalue weighted by Gasteiger charge is -2.08. The van der Waals surface area contributed by atoms with Gasteiger partial charge in [-0.25, -0.2) is 4.98 Å². The van der Waals surface area contributed by atoms with Crippen molar-refractivity contribution >= 4 is 5.91 Å². The van der Waals surface area contributed by atoms with Crippen LogP contribution in [0.3, 0.4) is 0 Å². The summed E-state index contributed by atoms with van der Waals surface area (Å²) in [5.41, 5.74) is 0. The first-order valence-electron chi connectivity index (χ1n) is 5.25. The highest BCUT2D eigenvalue weighted by atomic mass is 19.4. The summed E-state index contributed by atoms with van der Waals surface area (Å²) < 4.78 is 36.8. The second-order valence-corrected chi connectivity index (χ2v) is 3.65.